The minimum Gasteiger partial charge on any atom is -0.480 e. The third-order valence-electron chi connectivity index (χ3n) is 4.39. The van der Waals surface area contributed by atoms with Gasteiger partial charge in [-0.3, -0.25) is 4.79 Å². The predicted molar refractivity (Wildman–Crippen MR) is 69.8 cm³/mol. The molecule has 0 aromatic heterocycles. The van der Waals surface area contributed by atoms with E-state index in [9.17, 15) is 14.7 Å². The Labute approximate surface area is 111 Å². The molecule has 2 unspecified atom stereocenters. The van der Waals surface area contributed by atoms with Crippen molar-refractivity contribution in [2.75, 3.05) is 0 Å². The van der Waals surface area contributed by atoms with Gasteiger partial charge in [-0.1, -0.05) is 24.3 Å². The third-order valence-corrected chi connectivity index (χ3v) is 4.39. The average molecular weight is 259 g/mol. The fourth-order valence-corrected chi connectivity index (χ4v) is 2.83. The Morgan fingerprint density at radius 3 is 2.58 bits per heavy atom. The molecule has 4 heteroatoms. The molecule has 2 aliphatic carbocycles. The second kappa shape index (κ2) is 4.08. The molecule has 2 N–H and O–H groups in total. The normalized spacial score (nSPS) is 23.7. The molecule has 0 spiro atoms. The molecule has 0 bridgehead atoms. The molecule has 19 heavy (non-hydrogen) atoms. The first-order valence-electron chi connectivity index (χ1n) is 6.65. The number of hydrogen-bond acceptors (Lipinski definition) is 2. The molecule has 0 aliphatic heterocycles. The molecule has 1 fully saturated rings. The Bertz CT molecular complexity index is 550. The number of carboxylic acids is 1. The molecule has 2 aliphatic rings. The first kappa shape index (κ1) is 12.2. The highest BCUT2D eigenvalue weighted by Gasteiger charge is 2.49. The first-order valence-corrected chi connectivity index (χ1v) is 6.65. The van der Waals surface area contributed by atoms with E-state index in [1.807, 2.05) is 24.3 Å². The summed E-state index contributed by atoms with van der Waals surface area (Å²) in [5.74, 6) is -1.20. The maximum atomic E-state index is 12.3. The van der Waals surface area contributed by atoms with Gasteiger partial charge >= 0.3 is 5.97 Å². The number of amides is 1. The van der Waals surface area contributed by atoms with Crippen LogP contribution in [0.4, 0.5) is 0 Å². The molecule has 4 nitrogen and oxygen atoms in total. The van der Waals surface area contributed by atoms with Gasteiger partial charge in [0.1, 0.15) is 5.54 Å². The summed E-state index contributed by atoms with van der Waals surface area (Å²) in [5.41, 5.74) is 1.11. The Morgan fingerprint density at radius 1 is 1.32 bits per heavy atom. The van der Waals surface area contributed by atoms with E-state index in [0.29, 0.717) is 6.42 Å². The maximum Gasteiger partial charge on any atom is 0.329 e. The van der Waals surface area contributed by atoms with Crippen molar-refractivity contribution in [1.82, 2.24) is 5.32 Å². The van der Waals surface area contributed by atoms with E-state index < -0.39 is 11.5 Å². The maximum absolute atomic E-state index is 12.3. The zero-order chi connectivity index (χ0) is 13.6. The van der Waals surface area contributed by atoms with Crippen LogP contribution in [0.3, 0.4) is 0 Å². The summed E-state index contributed by atoms with van der Waals surface area (Å²) in [6.07, 6.45) is 2.47. The Balaban J connectivity index is 1.74. The number of rotatable bonds is 4. The van der Waals surface area contributed by atoms with Crippen LogP contribution in [-0.2, 0) is 16.0 Å². The van der Waals surface area contributed by atoms with Gasteiger partial charge in [0.2, 0.25) is 5.91 Å². The molecule has 1 saturated carbocycles. The van der Waals surface area contributed by atoms with Gasteiger partial charge in [-0.05, 0) is 43.2 Å². The topological polar surface area (TPSA) is 66.4 Å². The third kappa shape index (κ3) is 1.91. The average Bonchev–Trinajstić information content (AvgIpc) is 3.14. The van der Waals surface area contributed by atoms with Crippen LogP contribution in [0.25, 0.3) is 0 Å². The lowest BCUT2D eigenvalue weighted by Crippen LogP contribution is -2.56. The predicted octanol–water partition coefficient (Wildman–Crippen LogP) is 1.70. The monoisotopic (exact) mass is 259 g/mol. The standard InChI is InChI=1S/C15H17NO3/c1-15(14(18)19,10-6-7-10)16-13(17)12-8-9-4-2-3-5-11(9)12/h2-5,10,12H,6-8H2,1H3,(H,16,17)(H,18,19). The molecule has 1 amide bonds. The van der Waals surface area contributed by atoms with Gasteiger partial charge in [0, 0.05) is 0 Å². The molecule has 0 heterocycles. The number of benzene rings is 1. The summed E-state index contributed by atoms with van der Waals surface area (Å²) < 4.78 is 0. The number of aliphatic carboxylic acids is 1. The van der Waals surface area contributed by atoms with E-state index in [-0.39, 0.29) is 17.7 Å². The molecule has 0 radical (unpaired) electrons. The molecule has 0 saturated heterocycles. The first-order chi connectivity index (χ1) is 9.02. The second-order valence-electron chi connectivity index (χ2n) is 5.73. The fraction of sp³-hybridized carbons (Fsp3) is 0.467. The molecule has 100 valence electrons. The Morgan fingerprint density at radius 2 is 2.00 bits per heavy atom. The molecule has 1 aromatic rings. The van der Waals surface area contributed by atoms with Crippen LogP contribution in [0.1, 0.15) is 36.8 Å². The van der Waals surface area contributed by atoms with Crippen LogP contribution in [0.15, 0.2) is 24.3 Å². The van der Waals surface area contributed by atoms with Crippen LogP contribution >= 0.6 is 0 Å². The van der Waals surface area contributed by atoms with Crippen molar-refractivity contribution in [2.24, 2.45) is 5.92 Å². The number of nitrogens with one attached hydrogen (secondary N) is 1. The van der Waals surface area contributed by atoms with Crippen molar-refractivity contribution in [1.29, 1.82) is 0 Å². The van der Waals surface area contributed by atoms with Crippen molar-refractivity contribution in [3.8, 4) is 0 Å². The van der Waals surface area contributed by atoms with E-state index in [2.05, 4.69) is 5.32 Å². The van der Waals surface area contributed by atoms with Gasteiger partial charge < -0.3 is 10.4 Å². The highest BCUT2D eigenvalue weighted by Crippen LogP contribution is 2.41. The lowest BCUT2D eigenvalue weighted by atomic mass is 9.76. The van der Waals surface area contributed by atoms with Crippen LogP contribution in [0.5, 0.6) is 0 Å². The molecule has 3 rings (SSSR count). The van der Waals surface area contributed by atoms with E-state index in [1.165, 1.54) is 5.56 Å². The van der Waals surface area contributed by atoms with Gasteiger partial charge in [0.25, 0.3) is 0 Å². The van der Waals surface area contributed by atoms with Crippen molar-refractivity contribution in [3.63, 3.8) is 0 Å². The van der Waals surface area contributed by atoms with Gasteiger partial charge in [0.15, 0.2) is 0 Å². The molecule has 1 aromatic carbocycles. The van der Waals surface area contributed by atoms with Crippen LogP contribution < -0.4 is 5.32 Å². The van der Waals surface area contributed by atoms with Gasteiger partial charge in [0.05, 0.1) is 5.92 Å². The van der Waals surface area contributed by atoms with E-state index in [0.717, 1.165) is 18.4 Å². The van der Waals surface area contributed by atoms with E-state index >= 15 is 0 Å². The minimum absolute atomic E-state index is 0.0734. The number of carbonyl (C=O) groups is 2. The van der Waals surface area contributed by atoms with Gasteiger partial charge in [-0.2, -0.15) is 0 Å². The fourth-order valence-electron chi connectivity index (χ4n) is 2.83. The minimum atomic E-state index is -1.11. The number of fused-ring (bicyclic) bond motifs is 1. The summed E-state index contributed by atoms with van der Waals surface area (Å²) in [7, 11) is 0. The molecular formula is C15H17NO3. The van der Waals surface area contributed by atoms with Gasteiger partial charge in [-0.15, -0.1) is 0 Å². The van der Waals surface area contributed by atoms with Crippen molar-refractivity contribution < 1.29 is 14.7 Å². The highest BCUT2D eigenvalue weighted by molar-refractivity contribution is 5.92. The van der Waals surface area contributed by atoms with Crippen LogP contribution in [0.2, 0.25) is 0 Å². The second-order valence-corrected chi connectivity index (χ2v) is 5.73. The summed E-state index contributed by atoms with van der Waals surface area (Å²) in [5, 5.41) is 12.1. The van der Waals surface area contributed by atoms with Crippen molar-refractivity contribution in [2.45, 2.75) is 37.6 Å². The number of carboxylic acid groups (broad SMARTS) is 1. The smallest absolute Gasteiger partial charge is 0.329 e. The van der Waals surface area contributed by atoms with Crippen molar-refractivity contribution in [3.05, 3.63) is 35.4 Å². The SMILES string of the molecule is CC(NC(=O)C1Cc2ccccc21)(C(=O)O)C1CC1. The van der Waals surface area contributed by atoms with Gasteiger partial charge in [-0.25, -0.2) is 4.79 Å². The van der Waals surface area contributed by atoms with Crippen molar-refractivity contribution >= 4 is 11.9 Å². The summed E-state index contributed by atoms with van der Waals surface area (Å²) >= 11 is 0. The molecular weight excluding hydrogens is 242 g/mol. The van der Waals surface area contributed by atoms with Crippen LogP contribution in [0, 0.1) is 5.92 Å². The molecule has 2 atom stereocenters. The highest BCUT2D eigenvalue weighted by atomic mass is 16.4. The summed E-state index contributed by atoms with van der Waals surface area (Å²) in [6.45, 7) is 1.62. The number of carbonyl (C=O) groups excluding carboxylic acids is 1. The largest absolute Gasteiger partial charge is 0.480 e. The lowest BCUT2D eigenvalue weighted by molar-refractivity contribution is -0.148. The Kier molecular flexibility index (Phi) is 2.62. The zero-order valence-corrected chi connectivity index (χ0v) is 10.8. The lowest BCUT2D eigenvalue weighted by Gasteiger charge is -2.33. The Hall–Kier alpha value is -1.84. The van der Waals surface area contributed by atoms with E-state index in [4.69, 9.17) is 0 Å². The number of hydrogen-bond donors (Lipinski definition) is 2. The summed E-state index contributed by atoms with van der Waals surface area (Å²) in [6, 6.07) is 7.82. The zero-order valence-electron chi connectivity index (χ0n) is 10.8. The van der Waals surface area contributed by atoms with Crippen LogP contribution in [-0.4, -0.2) is 22.5 Å². The summed E-state index contributed by atoms with van der Waals surface area (Å²) in [4.78, 5) is 23.7. The quantitative estimate of drug-likeness (QED) is 0.864. The van der Waals surface area contributed by atoms with E-state index in [1.54, 1.807) is 6.92 Å².